The molecule has 0 bridgehead atoms. The van der Waals surface area contributed by atoms with Crippen molar-refractivity contribution in [3.05, 3.63) is 65.2 Å². The van der Waals surface area contributed by atoms with Crippen molar-refractivity contribution in [1.29, 1.82) is 0 Å². The Morgan fingerprint density at radius 1 is 1.11 bits per heavy atom. The first-order valence-corrected chi connectivity index (χ1v) is 10.5. The highest BCUT2D eigenvalue weighted by Crippen LogP contribution is 2.18. The van der Waals surface area contributed by atoms with E-state index in [0.29, 0.717) is 13.0 Å². The van der Waals surface area contributed by atoms with E-state index < -0.39 is 0 Å². The van der Waals surface area contributed by atoms with Crippen molar-refractivity contribution in [2.45, 2.75) is 45.2 Å². The van der Waals surface area contributed by atoms with E-state index in [1.165, 1.54) is 27.3 Å². The summed E-state index contributed by atoms with van der Waals surface area (Å²) in [5, 5.41) is 3.20. The zero-order valence-electron chi connectivity index (χ0n) is 17.5. The van der Waals surface area contributed by atoms with Gasteiger partial charge in [0, 0.05) is 43.8 Å². The van der Waals surface area contributed by atoms with Crippen LogP contribution in [0.4, 0.5) is 5.69 Å². The van der Waals surface area contributed by atoms with Crippen molar-refractivity contribution in [1.82, 2.24) is 5.32 Å². The van der Waals surface area contributed by atoms with Gasteiger partial charge in [0.05, 0.1) is 13.1 Å². The van der Waals surface area contributed by atoms with Crippen molar-refractivity contribution >= 4 is 11.6 Å². The topological polar surface area (TPSA) is 36.8 Å². The Bertz CT molecular complexity index is 770. The van der Waals surface area contributed by atoms with E-state index >= 15 is 0 Å². The first-order chi connectivity index (χ1) is 13.6. The lowest BCUT2D eigenvalue weighted by atomic mass is 9.96. The maximum absolute atomic E-state index is 12.2. The average molecular weight is 381 g/mol. The molecule has 0 aromatic heterocycles. The molecular formula is C24H34N3O+. The Morgan fingerprint density at radius 3 is 2.50 bits per heavy atom. The fraction of sp³-hybridized carbons (Fsp3) is 0.458. The molecule has 3 rings (SSSR count). The predicted molar refractivity (Wildman–Crippen MR) is 116 cm³/mol. The molecule has 2 N–H and O–H groups in total. The van der Waals surface area contributed by atoms with Gasteiger partial charge in [-0.2, -0.15) is 0 Å². The van der Waals surface area contributed by atoms with Crippen LogP contribution in [0.3, 0.4) is 0 Å². The van der Waals surface area contributed by atoms with E-state index in [0.717, 1.165) is 32.4 Å². The number of unbranched alkanes of at least 4 members (excludes halogenated alkanes) is 1. The van der Waals surface area contributed by atoms with Gasteiger partial charge in [0.15, 0.2) is 0 Å². The lowest BCUT2D eigenvalue weighted by Gasteiger charge is -2.33. The minimum atomic E-state index is 0.175. The minimum absolute atomic E-state index is 0.175. The third-order valence-corrected chi connectivity index (χ3v) is 5.82. The Balaban J connectivity index is 1.77. The summed E-state index contributed by atoms with van der Waals surface area (Å²) < 4.78 is 0. The summed E-state index contributed by atoms with van der Waals surface area (Å²) >= 11 is 0. The molecule has 1 aliphatic rings. The third-order valence-electron chi connectivity index (χ3n) is 5.82. The van der Waals surface area contributed by atoms with Crippen molar-refractivity contribution in [3.63, 3.8) is 0 Å². The molecule has 0 fully saturated rings. The first kappa shape index (κ1) is 20.4. The van der Waals surface area contributed by atoms with Crippen LogP contribution in [-0.2, 0) is 17.8 Å². The van der Waals surface area contributed by atoms with Crippen LogP contribution in [0, 0.1) is 0 Å². The number of fused-ring (bicyclic) bond motifs is 1. The zero-order chi connectivity index (χ0) is 19.9. The number of quaternary nitrogens is 1. The minimum Gasteiger partial charge on any atom is -0.378 e. The van der Waals surface area contributed by atoms with Crippen LogP contribution in [0.5, 0.6) is 0 Å². The van der Waals surface area contributed by atoms with Gasteiger partial charge in [-0.05, 0) is 24.1 Å². The van der Waals surface area contributed by atoms with E-state index in [4.69, 9.17) is 0 Å². The Kier molecular flexibility index (Phi) is 7.10. The molecule has 28 heavy (non-hydrogen) atoms. The number of rotatable bonds is 8. The highest BCUT2D eigenvalue weighted by atomic mass is 16.1. The lowest BCUT2D eigenvalue weighted by Crippen LogP contribution is -3.12. The molecule has 0 saturated carbocycles. The number of carbonyl (C=O) groups is 1. The highest BCUT2D eigenvalue weighted by molar-refractivity contribution is 5.75. The molecule has 0 aliphatic carbocycles. The maximum atomic E-state index is 12.2. The first-order valence-electron chi connectivity index (χ1n) is 10.5. The molecule has 1 aliphatic heterocycles. The van der Waals surface area contributed by atoms with Gasteiger partial charge in [0.25, 0.3) is 0 Å². The maximum Gasteiger partial charge on any atom is 0.220 e. The second-order valence-corrected chi connectivity index (χ2v) is 8.05. The Morgan fingerprint density at radius 2 is 1.82 bits per heavy atom. The van der Waals surface area contributed by atoms with Gasteiger partial charge in [-0.3, -0.25) is 4.79 Å². The summed E-state index contributed by atoms with van der Waals surface area (Å²) in [4.78, 5) is 15.9. The van der Waals surface area contributed by atoms with E-state index in [9.17, 15) is 4.79 Å². The van der Waals surface area contributed by atoms with Gasteiger partial charge in [-0.1, -0.05) is 49.7 Å². The molecular weight excluding hydrogens is 346 g/mol. The number of benzene rings is 2. The number of anilines is 1. The molecule has 1 unspecified atom stereocenters. The molecule has 2 atom stereocenters. The van der Waals surface area contributed by atoms with E-state index in [1.807, 2.05) is 0 Å². The van der Waals surface area contributed by atoms with Crippen LogP contribution in [0.1, 0.15) is 48.9 Å². The quantitative estimate of drug-likeness (QED) is 0.739. The van der Waals surface area contributed by atoms with Crippen molar-refractivity contribution in [2.24, 2.45) is 0 Å². The second kappa shape index (κ2) is 9.74. The van der Waals surface area contributed by atoms with Crippen molar-refractivity contribution in [3.8, 4) is 0 Å². The number of nitrogens with zero attached hydrogens (tertiary/aromatic N) is 1. The standard InChI is InChI=1S/C24H33N3O/c1-4-5-10-24(28)25-17-23(20-11-13-22(14-12-20)26(2)3)27-16-15-19-8-6-7-9-21(19)18-27/h6-9,11-14,23H,4-5,10,15-18H2,1-3H3,(H,25,28)/p+1/t23-/m1/s1. The fourth-order valence-electron chi connectivity index (χ4n) is 4.04. The predicted octanol–water partition coefficient (Wildman–Crippen LogP) is 2.74. The number of carbonyl (C=O) groups excluding carboxylic acids is 1. The third kappa shape index (κ3) is 5.14. The smallest absolute Gasteiger partial charge is 0.220 e. The second-order valence-electron chi connectivity index (χ2n) is 8.05. The van der Waals surface area contributed by atoms with Gasteiger partial charge in [-0.15, -0.1) is 0 Å². The molecule has 2 aromatic carbocycles. The molecule has 0 saturated heterocycles. The highest BCUT2D eigenvalue weighted by Gasteiger charge is 2.28. The summed E-state index contributed by atoms with van der Waals surface area (Å²) in [5.74, 6) is 0.175. The molecule has 1 amide bonds. The van der Waals surface area contributed by atoms with Crippen molar-refractivity contribution < 1.29 is 9.69 Å². The molecule has 1 heterocycles. The molecule has 150 valence electrons. The SMILES string of the molecule is CCCCC(=O)NC[C@H](c1ccc(N(C)C)cc1)[NH+]1CCc2ccccc2C1. The van der Waals surface area contributed by atoms with E-state index in [2.05, 4.69) is 79.8 Å². The Hall–Kier alpha value is -2.33. The van der Waals surface area contributed by atoms with Crippen LogP contribution in [0.25, 0.3) is 0 Å². The number of amides is 1. The summed E-state index contributed by atoms with van der Waals surface area (Å²) in [6.45, 7) is 4.93. The van der Waals surface area contributed by atoms with Gasteiger partial charge < -0.3 is 15.1 Å². The van der Waals surface area contributed by atoms with Crippen LogP contribution in [-0.4, -0.2) is 33.1 Å². The molecule has 0 spiro atoms. The zero-order valence-corrected chi connectivity index (χ0v) is 17.5. The average Bonchev–Trinajstić information content (AvgIpc) is 2.72. The number of hydrogen-bond donors (Lipinski definition) is 2. The van der Waals surface area contributed by atoms with Gasteiger partial charge >= 0.3 is 0 Å². The largest absolute Gasteiger partial charge is 0.378 e. The number of nitrogens with one attached hydrogen (secondary N) is 2. The van der Waals surface area contributed by atoms with Crippen LogP contribution in [0.15, 0.2) is 48.5 Å². The van der Waals surface area contributed by atoms with Crippen LogP contribution >= 0.6 is 0 Å². The van der Waals surface area contributed by atoms with Crippen LogP contribution in [0.2, 0.25) is 0 Å². The van der Waals surface area contributed by atoms with Gasteiger partial charge in [0.1, 0.15) is 12.6 Å². The molecule has 0 radical (unpaired) electrons. The van der Waals surface area contributed by atoms with Crippen molar-refractivity contribution in [2.75, 3.05) is 32.1 Å². The fourth-order valence-corrected chi connectivity index (χ4v) is 4.04. The monoisotopic (exact) mass is 380 g/mol. The number of hydrogen-bond acceptors (Lipinski definition) is 2. The van der Waals surface area contributed by atoms with E-state index in [-0.39, 0.29) is 11.9 Å². The van der Waals surface area contributed by atoms with E-state index in [1.54, 1.807) is 0 Å². The normalized spacial score (nSPS) is 16.9. The molecule has 4 heteroatoms. The van der Waals surface area contributed by atoms with Crippen LogP contribution < -0.4 is 15.1 Å². The van der Waals surface area contributed by atoms with Gasteiger partial charge in [0.2, 0.25) is 5.91 Å². The molecule has 4 nitrogen and oxygen atoms in total. The summed E-state index contributed by atoms with van der Waals surface area (Å²) in [6, 6.07) is 17.9. The summed E-state index contributed by atoms with van der Waals surface area (Å²) in [7, 11) is 4.13. The molecule has 2 aromatic rings. The lowest BCUT2D eigenvalue weighted by molar-refractivity contribution is -0.945. The van der Waals surface area contributed by atoms with Gasteiger partial charge in [-0.25, -0.2) is 0 Å². The Labute approximate surface area is 169 Å². The summed E-state index contributed by atoms with van der Waals surface area (Å²) in [6.07, 6.45) is 3.73. The summed E-state index contributed by atoms with van der Waals surface area (Å²) in [5.41, 5.74) is 5.42.